The minimum Gasteiger partial charge on any atom is -0.493 e. The molecule has 0 aromatic heterocycles. The van der Waals surface area contributed by atoms with Crippen LogP contribution in [0.15, 0.2) is 70.0 Å². The van der Waals surface area contributed by atoms with Gasteiger partial charge in [-0.1, -0.05) is 57.5 Å². The molecule has 2 aromatic carbocycles. The van der Waals surface area contributed by atoms with Crippen molar-refractivity contribution in [1.82, 2.24) is 0 Å². The van der Waals surface area contributed by atoms with Crippen LogP contribution in [0.1, 0.15) is 64.9 Å². The van der Waals surface area contributed by atoms with E-state index in [4.69, 9.17) is 25.3 Å². The number of methoxy groups -OCH3 is 1. The molecule has 0 saturated heterocycles. The smallest absolute Gasteiger partial charge is 0.339 e. The molecule has 9 heteroatoms. The number of ether oxygens (including phenoxy) is 2. The number of hydrogen-bond donors (Lipinski definition) is 0. The maximum atomic E-state index is 13.5. The molecule has 1 heterocycles. The van der Waals surface area contributed by atoms with Crippen LogP contribution in [0, 0.1) is 10.8 Å². The number of Topliss-reactive ketones (excluding diaryl/α,β-unsaturated/α-hetero) is 2. The van der Waals surface area contributed by atoms with Gasteiger partial charge in [0, 0.05) is 42.7 Å². The number of hydrogen-bond acceptors (Lipinski definition) is 7. The maximum Gasteiger partial charge on any atom is 0.339 e. The fourth-order valence-corrected chi connectivity index (χ4v) is 7.02. The molecular formula is C30H31ClO7S. The summed E-state index contributed by atoms with van der Waals surface area (Å²) in [5, 5.41) is -0.0215. The fraction of sp³-hybridized carbons (Fsp3) is 0.400. The molecule has 39 heavy (non-hydrogen) atoms. The lowest BCUT2D eigenvalue weighted by Crippen LogP contribution is -2.37. The standard InChI is InChI=1S/C30H31ClO7S/c1-29(2)13-20(32)26-23(15-29)37-24-16-30(3,4)14-21(33)27(24)25(26)17-11-19(31)28(22(12-17)36-5)38-39(34,35)18-9-7-6-8-10-18/h6-12,25H,13-16H2,1-5H3. The summed E-state index contributed by atoms with van der Waals surface area (Å²) in [6.07, 6.45) is 1.74. The van der Waals surface area contributed by atoms with Crippen molar-refractivity contribution in [3.05, 3.63) is 75.7 Å². The van der Waals surface area contributed by atoms with Crippen LogP contribution in [0.25, 0.3) is 0 Å². The van der Waals surface area contributed by atoms with E-state index in [1.807, 2.05) is 27.7 Å². The molecule has 0 fully saturated rings. The van der Waals surface area contributed by atoms with Crippen LogP contribution < -0.4 is 8.92 Å². The number of carbonyl (C=O) groups excluding carboxylic acids is 2. The van der Waals surface area contributed by atoms with Gasteiger partial charge in [0.05, 0.1) is 12.1 Å². The first-order valence-corrected chi connectivity index (χ1v) is 14.6. The first-order valence-electron chi connectivity index (χ1n) is 12.8. The summed E-state index contributed by atoms with van der Waals surface area (Å²) in [6, 6.07) is 10.8. The molecule has 0 radical (unpaired) electrons. The maximum absolute atomic E-state index is 13.5. The summed E-state index contributed by atoms with van der Waals surface area (Å²) in [7, 11) is -2.82. The zero-order valence-electron chi connectivity index (χ0n) is 22.6. The van der Waals surface area contributed by atoms with E-state index in [0.29, 0.717) is 53.9 Å². The largest absolute Gasteiger partial charge is 0.493 e. The van der Waals surface area contributed by atoms with Crippen molar-refractivity contribution in [2.24, 2.45) is 10.8 Å². The highest BCUT2D eigenvalue weighted by Crippen LogP contribution is 2.54. The molecule has 0 atom stereocenters. The summed E-state index contributed by atoms with van der Waals surface area (Å²) in [4.78, 5) is 27.1. The van der Waals surface area contributed by atoms with Gasteiger partial charge in [-0.3, -0.25) is 9.59 Å². The van der Waals surface area contributed by atoms with E-state index in [9.17, 15) is 18.0 Å². The molecule has 0 amide bonds. The molecule has 3 aliphatic rings. The van der Waals surface area contributed by atoms with Crippen molar-refractivity contribution in [3.8, 4) is 11.5 Å². The number of benzene rings is 2. The van der Waals surface area contributed by atoms with E-state index in [0.717, 1.165) is 0 Å². The lowest BCUT2D eigenvalue weighted by atomic mass is 9.65. The first-order chi connectivity index (χ1) is 18.2. The topological polar surface area (TPSA) is 96.0 Å². The molecule has 0 spiro atoms. The second kappa shape index (κ2) is 9.52. The van der Waals surface area contributed by atoms with Gasteiger partial charge in [0.25, 0.3) is 0 Å². The number of allylic oxidation sites excluding steroid dienone is 4. The Morgan fingerprint density at radius 3 is 1.92 bits per heavy atom. The van der Waals surface area contributed by atoms with Gasteiger partial charge in [-0.25, -0.2) is 0 Å². The molecule has 0 bridgehead atoms. The zero-order chi connectivity index (χ0) is 28.3. The predicted molar refractivity (Wildman–Crippen MR) is 146 cm³/mol. The van der Waals surface area contributed by atoms with Gasteiger partial charge in [0.1, 0.15) is 16.4 Å². The summed E-state index contributed by atoms with van der Waals surface area (Å²) >= 11 is 6.64. The highest BCUT2D eigenvalue weighted by Gasteiger charge is 2.48. The Morgan fingerprint density at radius 1 is 0.872 bits per heavy atom. The van der Waals surface area contributed by atoms with E-state index in [-0.39, 0.29) is 43.8 Å². The van der Waals surface area contributed by atoms with Gasteiger partial charge >= 0.3 is 10.1 Å². The molecule has 0 unspecified atom stereocenters. The molecule has 0 N–H and O–H groups in total. The average Bonchev–Trinajstić information content (AvgIpc) is 2.82. The van der Waals surface area contributed by atoms with Crippen LogP contribution in [0.4, 0.5) is 0 Å². The Kier molecular flexibility index (Phi) is 6.71. The van der Waals surface area contributed by atoms with E-state index in [1.165, 1.54) is 19.2 Å². The quantitative estimate of drug-likeness (QED) is 0.378. The molecule has 2 aliphatic carbocycles. The highest BCUT2D eigenvalue weighted by molar-refractivity contribution is 7.87. The molecule has 2 aromatic rings. The van der Waals surface area contributed by atoms with Crippen LogP contribution in [0.2, 0.25) is 5.02 Å². The van der Waals surface area contributed by atoms with Crippen molar-refractivity contribution < 1.29 is 31.7 Å². The second-order valence-corrected chi connectivity index (χ2v) is 13.9. The number of ketones is 2. The molecule has 7 nitrogen and oxygen atoms in total. The third-order valence-corrected chi connectivity index (χ3v) is 8.91. The average molecular weight is 571 g/mol. The Morgan fingerprint density at radius 2 is 1.41 bits per heavy atom. The lowest BCUT2D eigenvalue weighted by Gasteiger charge is -2.42. The summed E-state index contributed by atoms with van der Waals surface area (Å²) < 4.78 is 43.2. The Labute approximate surface area is 233 Å². The van der Waals surface area contributed by atoms with E-state index in [1.54, 1.807) is 30.3 Å². The highest BCUT2D eigenvalue weighted by atomic mass is 35.5. The van der Waals surface area contributed by atoms with Crippen LogP contribution in [0.3, 0.4) is 0 Å². The van der Waals surface area contributed by atoms with Gasteiger partial charge in [-0.2, -0.15) is 8.42 Å². The van der Waals surface area contributed by atoms with Gasteiger partial charge < -0.3 is 13.7 Å². The molecule has 206 valence electrons. The van der Waals surface area contributed by atoms with Crippen LogP contribution in [0.5, 0.6) is 11.5 Å². The summed E-state index contributed by atoms with van der Waals surface area (Å²) in [5.41, 5.74) is 0.859. The van der Waals surface area contributed by atoms with Crippen molar-refractivity contribution >= 4 is 33.3 Å². The summed E-state index contributed by atoms with van der Waals surface area (Å²) in [5.74, 6) is 0.173. The van der Waals surface area contributed by atoms with Crippen molar-refractivity contribution in [1.29, 1.82) is 0 Å². The fourth-order valence-electron chi connectivity index (χ4n) is 5.74. The minimum absolute atomic E-state index is 0.0215. The molecule has 1 aliphatic heterocycles. The van der Waals surface area contributed by atoms with Crippen molar-refractivity contribution in [2.75, 3.05) is 7.11 Å². The normalized spacial score (nSPS) is 20.8. The number of halogens is 1. The van der Waals surface area contributed by atoms with Crippen LogP contribution in [-0.4, -0.2) is 27.1 Å². The Bertz CT molecular complexity index is 1500. The van der Waals surface area contributed by atoms with E-state index >= 15 is 0 Å². The molecular weight excluding hydrogens is 540 g/mol. The monoisotopic (exact) mass is 570 g/mol. The number of rotatable bonds is 5. The second-order valence-electron chi connectivity index (χ2n) is 12.0. The Balaban J connectivity index is 1.65. The van der Waals surface area contributed by atoms with Crippen LogP contribution >= 0.6 is 11.6 Å². The molecule has 0 saturated carbocycles. The van der Waals surface area contributed by atoms with E-state index in [2.05, 4.69) is 0 Å². The van der Waals surface area contributed by atoms with Crippen molar-refractivity contribution in [3.63, 3.8) is 0 Å². The zero-order valence-corrected chi connectivity index (χ0v) is 24.2. The summed E-state index contributed by atoms with van der Waals surface area (Å²) in [6.45, 7) is 8.08. The van der Waals surface area contributed by atoms with Gasteiger partial charge in [0.15, 0.2) is 17.3 Å². The first kappa shape index (κ1) is 27.5. The minimum atomic E-state index is -4.20. The van der Waals surface area contributed by atoms with Crippen molar-refractivity contribution in [2.45, 2.75) is 64.2 Å². The third kappa shape index (κ3) is 5.12. The third-order valence-electron chi connectivity index (χ3n) is 7.39. The molecule has 5 rings (SSSR count). The lowest BCUT2D eigenvalue weighted by molar-refractivity contribution is -0.120. The van der Waals surface area contributed by atoms with Gasteiger partial charge in [-0.05, 0) is 40.7 Å². The van der Waals surface area contributed by atoms with Gasteiger partial charge in [-0.15, -0.1) is 0 Å². The van der Waals surface area contributed by atoms with Gasteiger partial charge in [0.2, 0.25) is 5.75 Å². The SMILES string of the molecule is COc1cc(C2C3=C(CC(C)(C)CC3=O)OC3=C2C(=O)CC(C)(C)C3)cc(Cl)c1OS(=O)(=O)c1ccccc1. The Hall–Kier alpha value is -3.10. The number of carbonyl (C=O) groups is 2. The van der Waals surface area contributed by atoms with Crippen LogP contribution in [-0.2, 0) is 24.4 Å². The predicted octanol–water partition coefficient (Wildman–Crippen LogP) is 6.52. The van der Waals surface area contributed by atoms with E-state index < -0.39 is 16.0 Å².